The van der Waals surface area contributed by atoms with E-state index in [9.17, 15) is 18.0 Å². The number of benzene rings is 1. The van der Waals surface area contributed by atoms with E-state index >= 15 is 0 Å². The Morgan fingerprint density at radius 2 is 1.87 bits per heavy atom. The van der Waals surface area contributed by atoms with Crippen LogP contribution < -0.4 is 5.43 Å². The first-order valence-electron chi connectivity index (χ1n) is 7.74. The van der Waals surface area contributed by atoms with E-state index in [0.717, 1.165) is 5.01 Å². The van der Waals surface area contributed by atoms with Crippen molar-refractivity contribution in [3.63, 3.8) is 0 Å². The van der Waals surface area contributed by atoms with Gasteiger partial charge in [-0.05, 0) is 37.3 Å². The standard InChI is InChI=1S/C17H23F3N2O/c1-11(2)9-12-7-5-6-8-13(12)14(17(18,19)20)22-10-16(3,4)15(23)21-22/h5-8,11,14H,9-10H2,1-4H3,(H,21,23)/t14-/m0/s1. The lowest BCUT2D eigenvalue weighted by Crippen LogP contribution is -2.44. The average molecular weight is 328 g/mol. The SMILES string of the molecule is CC(C)Cc1ccccc1[C@H](N1CC(C)(C)C(=O)N1)C(F)(F)F. The van der Waals surface area contributed by atoms with Gasteiger partial charge in [-0.2, -0.15) is 13.2 Å². The van der Waals surface area contributed by atoms with Gasteiger partial charge in [-0.25, -0.2) is 5.01 Å². The van der Waals surface area contributed by atoms with Gasteiger partial charge in [-0.1, -0.05) is 38.1 Å². The minimum absolute atomic E-state index is 0.0199. The summed E-state index contributed by atoms with van der Waals surface area (Å²) in [5, 5.41) is 1.03. The molecule has 3 nitrogen and oxygen atoms in total. The smallest absolute Gasteiger partial charge is 0.287 e. The zero-order valence-electron chi connectivity index (χ0n) is 13.9. The van der Waals surface area contributed by atoms with Crippen molar-refractivity contribution >= 4 is 5.91 Å². The summed E-state index contributed by atoms with van der Waals surface area (Å²) in [6.07, 6.45) is -3.91. The zero-order valence-corrected chi connectivity index (χ0v) is 13.9. The topological polar surface area (TPSA) is 32.3 Å². The molecule has 1 N–H and O–H groups in total. The molecular weight excluding hydrogens is 305 g/mol. The number of carbonyl (C=O) groups excluding carboxylic acids is 1. The summed E-state index contributed by atoms with van der Waals surface area (Å²) in [5.74, 6) is -0.136. The van der Waals surface area contributed by atoms with Crippen LogP contribution in [0.4, 0.5) is 13.2 Å². The summed E-state index contributed by atoms with van der Waals surface area (Å²) >= 11 is 0. The molecule has 6 heteroatoms. The van der Waals surface area contributed by atoms with Crippen LogP contribution in [0.25, 0.3) is 0 Å². The monoisotopic (exact) mass is 328 g/mol. The molecule has 0 unspecified atom stereocenters. The summed E-state index contributed by atoms with van der Waals surface area (Å²) in [6, 6.07) is 4.77. The zero-order chi connectivity index (χ0) is 17.4. The molecule has 23 heavy (non-hydrogen) atoms. The molecule has 0 spiro atoms. The van der Waals surface area contributed by atoms with Crippen LogP contribution in [-0.4, -0.2) is 23.6 Å². The van der Waals surface area contributed by atoms with E-state index in [0.29, 0.717) is 12.0 Å². The number of nitrogens with zero attached hydrogens (tertiary/aromatic N) is 1. The molecular formula is C17H23F3N2O. The van der Waals surface area contributed by atoms with E-state index in [-0.39, 0.29) is 23.9 Å². The second kappa shape index (κ2) is 6.15. The Labute approximate surface area is 134 Å². The molecule has 1 saturated heterocycles. The number of hydrogen-bond acceptors (Lipinski definition) is 2. The van der Waals surface area contributed by atoms with Crippen LogP contribution in [0.3, 0.4) is 0 Å². The Morgan fingerprint density at radius 3 is 2.35 bits per heavy atom. The number of hydrogen-bond donors (Lipinski definition) is 1. The van der Waals surface area contributed by atoms with Crippen molar-refractivity contribution < 1.29 is 18.0 Å². The fraction of sp³-hybridized carbons (Fsp3) is 0.588. The lowest BCUT2D eigenvalue weighted by atomic mass is 9.91. The van der Waals surface area contributed by atoms with E-state index in [2.05, 4.69) is 5.43 Å². The molecule has 1 aliphatic heterocycles. The summed E-state index contributed by atoms with van der Waals surface area (Å²) < 4.78 is 41.3. The van der Waals surface area contributed by atoms with Gasteiger partial charge in [0.25, 0.3) is 0 Å². The van der Waals surface area contributed by atoms with Crippen LogP contribution in [0.2, 0.25) is 0 Å². The van der Waals surface area contributed by atoms with Crippen molar-refractivity contribution in [2.24, 2.45) is 11.3 Å². The van der Waals surface area contributed by atoms with Gasteiger partial charge in [0.15, 0.2) is 0 Å². The van der Waals surface area contributed by atoms with Gasteiger partial charge in [0.05, 0.1) is 5.41 Å². The lowest BCUT2D eigenvalue weighted by Gasteiger charge is -2.31. The highest BCUT2D eigenvalue weighted by atomic mass is 19.4. The van der Waals surface area contributed by atoms with Crippen LogP contribution in [-0.2, 0) is 11.2 Å². The minimum atomic E-state index is -4.47. The number of nitrogens with one attached hydrogen (secondary N) is 1. The van der Waals surface area contributed by atoms with Crippen molar-refractivity contribution in [3.8, 4) is 0 Å². The summed E-state index contributed by atoms with van der Waals surface area (Å²) in [6.45, 7) is 7.26. The molecule has 1 heterocycles. The second-order valence-corrected chi connectivity index (χ2v) is 7.19. The Bertz CT molecular complexity index is 581. The van der Waals surface area contributed by atoms with Crippen LogP contribution in [0.1, 0.15) is 44.9 Å². The fourth-order valence-electron chi connectivity index (χ4n) is 2.92. The molecule has 1 aromatic carbocycles. The maximum Gasteiger partial charge on any atom is 0.409 e. The highest BCUT2D eigenvalue weighted by molar-refractivity contribution is 5.83. The van der Waals surface area contributed by atoms with Crippen molar-refractivity contribution in [2.45, 2.75) is 46.3 Å². The molecule has 1 aromatic rings. The average Bonchev–Trinajstić information content (AvgIpc) is 2.63. The molecule has 0 saturated carbocycles. The third kappa shape index (κ3) is 3.86. The summed E-state index contributed by atoms with van der Waals surface area (Å²) in [4.78, 5) is 11.9. The van der Waals surface area contributed by atoms with E-state index in [1.165, 1.54) is 6.07 Å². The molecule has 0 radical (unpaired) electrons. The highest BCUT2D eigenvalue weighted by Crippen LogP contribution is 2.41. The molecule has 128 valence electrons. The Balaban J connectivity index is 2.44. The van der Waals surface area contributed by atoms with Gasteiger partial charge < -0.3 is 0 Å². The number of halogens is 3. The molecule has 0 aromatic heterocycles. The number of carbonyl (C=O) groups is 1. The van der Waals surface area contributed by atoms with Gasteiger partial charge >= 0.3 is 6.18 Å². The Morgan fingerprint density at radius 1 is 1.26 bits per heavy atom. The lowest BCUT2D eigenvalue weighted by molar-refractivity contribution is -0.191. The van der Waals surface area contributed by atoms with E-state index in [1.54, 1.807) is 32.0 Å². The van der Waals surface area contributed by atoms with Crippen molar-refractivity contribution in [2.75, 3.05) is 6.54 Å². The first-order chi connectivity index (χ1) is 10.5. The van der Waals surface area contributed by atoms with Crippen LogP contribution in [0.5, 0.6) is 0 Å². The van der Waals surface area contributed by atoms with E-state index < -0.39 is 17.6 Å². The minimum Gasteiger partial charge on any atom is -0.287 e. The molecule has 1 fully saturated rings. The molecule has 0 aliphatic carbocycles. The molecule has 0 bridgehead atoms. The van der Waals surface area contributed by atoms with Crippen LogP contribution in [0.15, 0.2) is 24.3 Å². The third-order valence-corrected chi connectivity index (χ3v) is 4.03. The second-order valence-electron chi connectivity index (χ2n) is 7.19. The van der Waals surface area contributed by atoms with Gasteiger partial charge in [0, 0.05) is 6.54 Å². The Hall–Kier alpha value is -1.56. The first kappa shape index (κ1) is 17.8. The van der Waals surface area contributed by atoms with E-state index in [4.69, 9.17) is 0 Å². The van der Waals surface area contributed by atoms with Gasteiger partial charge in [-0.3, -0.25) is 10.2 Å². The van der Waals surface area contributed by atoms with Gasteiger partial charge in [-0.15, -0.1) is 0 Å². The van der Waals surface area contributed by atoms with Crippen molar-refractivity contribution in [1.82, 2.24) is 10.4 Å². The predicted molar refractivity (Wildman–Crippen MR) is 82.4 cm³/mol. The maximum atomic E-state index is 13.8. The van der Waals surface area contributed by atoms with Crippen LogP contribution >= 0.6 is 0 Å². The number of alkyl halides is 3. The largest absolute Gasteiger partial charge is 0.409 e. The quantitative estimate of drug-likeness (QED) is 0.910. The summed E-state index contributed by atoms with van der Waals surface area (Å²) in [5.41, 5.74) is 2.45. The number of amides is 1. The fourth-order valence-corrected chi connectivity index (χ4v) is 2.92. The van der Waals surface area contributed by atoms with Gasteiger partial charge in [0.2, 0.25) is 5.91 Å². The van der Waals surface area contributed by atoms with Crippen molar-refractivity contribution in [3.05, 3.63) is 35.4 Å². The number of rotatable bonds is 4. The molecule has 1 aliphatic rings. The maximum absolute atomic E-state index is 13.8. The molecule has 2 rings (SSSR count). The van der Waals surface area contributed by atoms with Crippen LogP contribution in [0, 0.1) is 11.3 Å². The van der Waals surface area contributed by atoms with Gasteiger partial charge in [0.1, 0.15) is 6.04 Å². The first-order valence-corrected chi connectivity index (χ1v) is 7.74. The van der Waals surface area contributed by atoms with Crippen molar-refractivity contribution in [1.29, 1.82) is 0 Å². The normalized spacial score (nSPS) is 19.9. The number of hydrazine groups is 1. The third-order valence-electron chi connectivity index (χ3n) is 4.03. The van der Waals surface area contributed by atoms with E-state index in [1.807, 2.05) is 13.8 Å². The Kier molecular flexibility index (Phi) is 4.76. The molecule has 1 amide bonds. The predicted octanol–water partition coefficient (Wildman–Crippen LogP) is 3.86. The summed E-state index contributed by atoms with van der Waals surface area (Å²) in [7, 11) is 0. The highest BCUT2D eigenvalue weighted by Gasteiger charge is 2.51. The molecule has 1 atom stereocenters.